The highest BCUT2D eigenvalue weighted by molar-refractivity contribution is 6.31. The van der Waals surface area contributed by atoms with Gasteiger partial charge in [-0.3, -0.25) is 0 Å². The van der Waals surface area contributed by atoms with Crippen LogP contribution in [0.2, 0.25) is 10.6 Å². The fraction of sp³-hybridized carbons (Fsp3) is 0.389. The van der Waals surface area contributed by atoms with E-state index in [1.54, 1.807) is 0 Å². The third-order valence-corrected chi connectivity index (χ3v) is 5.13. The molecule has 1 aliphatic heterocycles. The molecule has 0 N–H and O–H groups in total. The van der Waals surface area contributed by atoms with E-state index in [1.165, 1.54) is 12.0 Å². The van der Waals surface area contributed by atoms with Crippen molar-refractivity contribution in [3.63, 3.8) is 0 Å². The standard InChI is InChI=1S/C18H17Cl2N3O/c1-10-5-3-2-4-6-24-14-9-12(7-11-8-13(10)15(11)14)16-21-17(19)23-18(20)22-16/h2,4,7-11,15H,3,5-6H2,1H3/b4-2-/t10-,11?,15-/m1/s1. The van der Waals surface area contributed by atoms with Crippen molar-refractivity contribution in [2.45, 2.75) is 19.8 Å². The highest BCUT2D eigenvalue weighted by Gasteiger charge is 2.40. The molecule has 0 radical (unpaired) electrons. The molecule has 0 saturated heterocycles. The molecule has 1 aromatic heterocycles. The van der Waals surface area contributed by atoms with E-state index in [4.69, 9.17) is 27.9 Å². The third-order valence-electron chi connectivity index (χ3n) is 4.79. The second kappa shape index (κ2) is 6.34. The van der Waals surface area contributed by atoms with Crippen LogP contribution in [0.4, 0.5) is 0 Å². The maximum absolute atomic E-state index is 6.04. The molecule has 24 heavy (non-hydrogen) atoms. The Kier molecular flexibility index (Phi) is 4.19. The SMILES string of the molecule is C[C@@H]1CC/C=C\COC2=CC(c3nc(Cl)nc(Cl)n3)=CC3C=C1[C@H]23. The number of nitrogens with zero attached hydrogens (tertiary/aromatic N) is 3. The van der Waals surface area contributed by atoms with Gasteiger partial charge in [-0.2, -0.15) is 15.0 Å². The molecule has 124 valence electrons. The highest BCUT2D eigenvalue weighted by Crippen LogP contribution is 2.49. The number of allylic oxidation sites excluding steroid dienone is 6. The Morgan fingerprint density at radius 2 is 1.88 bits per heavy atom. The second-order valence-electron chi connectivity index (χ2n) is 6.35. The summed E-state index contributed by atoms with van der Waals surface area (Å²) in [6.07, 6.45) is 13.1. The fourth-order valence-corrected chi connectivity index (χ4v) is 3.93. The number of hydrogen-bond acceptors (Lipinski definition) is 4. The van der Waals surface area contributed by atoms with Crippen LogP contribution in [0.1, 0.15) is 25.6 Å². The minimum atomic E-state index is 0.0969. The summed E-state index contributed by atoms with van der Waals surface area (Å²) >= 11 is 11.8. The van der Waals surface area contributed by atoms with Crippen LogP contribution in [0, 0.1) is 17.8 Å². The summed E-state index contributed by atoms with van der Waals surface area (Å²) in [5.74, 6) is 2.67. The maximum atomic E-state index is 6.04. The smallest absolute Gasteiger partial charge is 0.227 e. The molecule has 1 unspecified atom stereocenters. The van der Waals surface area contributed by atoms with Crippen LogP contribution in [0.15, 0.2) is 41.7 Å². The van der Waals surface area contributed by atoms with Crippen molar-refractivity contribution in [3.05, 3.63) is 58.1 Å². The Morgan fingerprint density at radius 1 is 1.08 bits per heavy atom. The zero-order valence-corrected chi connectivity index (χ0v) is 14.8. The van der Waals surface area contributed by atoms with E-state index >= 15 is 0 Å². The molecule has 2 heterocycles. The number of rotatable bonds is 1. The van der Waals surface area contributed by atoms with Crippen molar-refractivity contribution in [1.82, 2.24) is 15.0 Å². The van der Waals surface area contributed by atoms with Gasteiger partial charge in [0.1, 0.15) is 12.4 Å². The Hall–Kier alpha value is -1.65. The molecule has 0 amide bonds. The van der Waals surface area contributed by atoms with E-state index in [2.05, 4.69) is 46.2 Å². The molecular formula is C18H17Cl2N3O. The van der Waals surface area contributed by atoms with Crippen molar-refractivity contribution in [3.8, 4) is 0 Å². The molecule has 3 aliphatic rings. The molecule has 0 spiro atoms. The van der Waals surface area contributed by atoms with Gasteiger partial charge in [0.2, 0.25) is 10.6 Å². The molecule has 6 heteroatoms. The minimum Gasteiger partial charge on any atom is -0.493 e. The van der Waals surface area contributed by atoms with Crippen molar-refractivity contribution in [2.75, 3.05) is 6.61 Å². The van der Waals surface area contributed by atoms with Crippen molar-refractivity contribution in [2.24, 2.45) is 17.8 Å². The van der Waals surface area contributed by atoms with Crippen LogP contribution in [0.5, 0.6) is 0 Å². The first-order valence-corrected chi connectivity index (χ1v) is 8.87. The van der Waals surface area contributed by atoms with Crippen LogP contribution in [0.25, 0.3) is 5.57 Å². The van der Waals surface area contributed by atoms with E-state index in [1.807, 2.05) is 6.08 Å². The van der Waals surface area contributed by atoms with E-state index in [0.29, 0.717) is 30.2 Å². The zero-order valence-electron chi connectivity index (χ0n) is 13.2. The van der Waals surface area contributed by atoms with Gasteiger partial charge in [-0.15, -0.1) is 0 Å². The predicted octanol–water partition coefficient (Wildman–Crippen LogP) is 4.63. The fourth-order valence-electron chi connectivity index (χ4n) is 3.56. The Balaban J connectivity index is 1.73. The summed E-state index contributed by atoms with van der Waals surface area (Å²) in [5.41, 5.74) is 2.35. The third kappa shape index (κ3) is 2.89. The van der Waals surface area contributed by atoms with Gasteiger partial charge >= 0.3 is 0 Å². The topological polar surface area (TPSA) is 47.9 Å². The quantitative estimate of drug-likeness (QED) is 0.683. The lowest BCUT2D eigenvalue weighted by Gasteiger charge is -2.41. The zero-order chi connectivity index (χ0) is 16.7. The predicted molar refractivity (Wildman–Crippen MR) is 94.5 cm³/mol. The summed E-state index contributed by atoms with van der Waals surface area (Å²) in [4.78, 5) is 12.2. The van der Waals surface area contributed by atoms with Gasteiger partial charge < -0.3 is 4.74 Å². The summed E-state index contributed by atoms with van der Waals surface area (Å²) in [7, 11) is 0. The maximum Gasteiger partial charge on any atom is 0.227 e. The molecule has 2 aliphatic carbocycles. The van der Waals surface area contributed by atoms with Gasteiger partial charge in [-0.1, -0.05) is 36.8 Å². The van der Waals surface area contributed by atoms with Gasteiger partial charge in [0.05, 0.1) is 0 Å². The molecule has 4 rings (SSSR count). The molecule has 0 bridgehead atoms. The summed E-state index contributed by atoms with van der Waals surface area (Å²) < 4.78 is 6.04. The van der Waals surface area contributed by atoms with Crippen molar-refractivity contribution >= 4 is 28.8 Å². The van der Waals surface area contributed by atoms with Gasteiger partial charge in [0, 0.05) is 17.4 Å². The van der Waals surface area contributed by atoms with Crippen LogP contribution in [0.3, 0.4) is 0 Å². The number of aromatic nitrogens is 3. The van der Waals surface area contributed by atoms with Gasteiger partial charge in [0.25, 0.3) is 0 Å². The molecule has 0 saturated carbocycles. The van der Waals surface area contributed by atoms with E-state index in [9.17, 15) is 0 Å². The molecule has 4 nitrogen and oxygen atoms in total. The molecular weight excluding hydrogens is 345 g/mol. The number of ether oxygens (including phenoxy) is 1. The first kappa shape index (κ1) is 15.9. The van der Waals surface area contributed by atoms with Crippen LogP contribution in [-0.4, -0.2) is 21.6 Å². The van der Waals surface area contributed by atoms with E-state index in [0.717, 1.165) is 17.8 Å². The Morgan fingerprint density at radius 3 is 2.67 bits per heavy atom. The largest absolute Gasteiger partial charge is 0.493 e. The van der Waals surface area contributed by atoms with E-state index < -0.39 is 0 Å². The summed E-state index contributed by atoms with van der Waals surface area (Å²) in [6, 6.07) is 0. The molecule has 0 fully saturated rings. The van der Waals surface area contributed by atoms with Crippen LogP contribution in [-0.2, 0) is 4.74 Å². The number of halogens is 2. The van der Waals surface area contributed by atoms with Crippen LogP contribution < -0.4 is 0 Å². The lowest BCUT2D eigenvalue weighted by molar-refractivity contribution is 0.189. The van der Waals surface area contributed by atoms with Crippen molar-refractivity contribution < 1.29 is 4.74 Å². The summed E-state index contributed by atoms with van der Waals surface area (Å²) in [6.45, 7) is 2.88. The lowest BCUT2D eigenvalue weighted by atomic mass is 9.65. The van der Waals surface area contributed by atoms with E-state index in [-0.39, 0.29) is 10.6 Å². The Bertz CT molecular complexity index is 777. The molecule has 3 atom stereocenters. The van der Waals surface area contributed by atoms with Gasteiger partial charge in [0.15, 0.2) is 5.82 Å². The van der Waals surface area contributed by atoms with Crippen molar-refractivity contribution in [1.29, 1.82) is 0 Å². The minimum absolute atomic E-state index is 0.0969. The summed E-state index contributed by atoms with van der Waals surface area (Å²) in [5, 5.41) is 0.194. The van der Waals surface area contributed by atoms with Crippen LogP contribution >= 0.6 is 23.2 Å². The highest BCUT2D eigenvalue weighted by atomic mass is 35.5. The average Bonchev–Trinajstić information content (AvgIpc) is 2.50. The first-order valence-electron chi connectivity index (χ1n) is 8.12. The molecule has 0 aromatic carbocycles. The second-order valence-corrected chi connectivity index (χ2v) is 7.02. The number of hydrogen-bond donors (Lipinski definition) is 0. The lowest BCUT2D eigenvalue weighted by Crippen LogP contribution is -2.32. The monoisotopic (exact) mass is 361 g/mol. The van der Waals surface area contributed by atoms with Gasteiger partial charge in [-0.25, -0.2) is 0 Å². The Labute approximate surface area is 151 Å². The molecule has 1 aromatic rings. The average molecular weight is 362 g/mol. The normalized spacial score (nSPS) is 30.0. The first-order chi connectivity index (χ1) is 11.6. The van der Waals surface area contributed by atoms with Gasteiger partial charge in [-0.05, 0) is 48.0 Å².